The first-order chi connectivity index (χ1) is 13.7. The lowest BCUT2D eigenvalue weighted by atomic mass is 10.0. The van der Waals surface area contributed by atoms with Gasteiger partial charge in [-0.05, 0) is 64.8 Å². The summed E-state index contributed by atoms with van der Waals surface area (Å²) in [5.41, 5.74) is 2.23. The molecule has 0 fully saturated rings. The first kappa shape index (κ1) is 23.8. The van der Waals surface area contributed by atoms with E-state index >= 15 is 0 Å². The Kier molecular flexibility index (Phi) is 6.92. The molecule has 162 valence electrons. The van der Waals surface area contributed by atoms with Crippen molar-refractivity contribution in [2.24, 2.45) is 0 Å². The lowest BCUT2D eigenvalue weighted by Gasteiger charge is -2.20. The second-order valence-electron chi connectivity index (χ2n) is 9.57. The van der Waals surface area contributed by atoms with E-state index in [1.54, 1.807) is 69.3 Å². The molecule has 0 radical (unpaired) electrons. The Hall–Kier alpha value is -2.47. The summed E-state index contributed by atoms with van der Waals surface area (Å²) < 4.78 is 23.9. The number of hydrogen-bond acceptors (Lipinski definition) is 4. The van der Waals surface area contributed by atoms with Crippen LogP contribution in [0.1, 0.15) is 73.4 Å². The van der Waals surface area contributed by atoms with Gasteiger partial charge in [0, 0.05) is 23.1 Å². The number of hydrogen-bond donors (Lipinski definition) is 1. The van der Waals surface area contributed by atoms with Crippen LogP contribution in [0.3, 0.4) is 0 Å². The molecule has 0 spiro atoms. The van der Waals surface area contributed by atoms with Crippen LogP contribution < -0.4 is 5.32 Å². The van der Waals surface area contributed by atoms with Crippen LogP contribution in [0.25, 0.3) is 0 Å². The van der Waals surface area contributed by atoms with Gasteiger partial charge in [-0.3, -0.25) is 9.59 Å². The zero-order valence-corrected chi connectivity index (χ0v) is 19.4. The average Bonchev–Trinajstić information content (AvgIpc) is 2.60. The topological polar surface area (TPSA) is 80.3 Å². The first-order valence-electron chi connectivity index (χ1n) is 9.94. The molecule has 0 unspecified atom stereocenters. The largest absolute Gasteiger partial charge is 0.347 e. The Bertz CT molecular complexity index is 1010. The molecule has 0 aliphatic rings. The third-order valence-corrected chi connectivity index (χ3v) is 7.21. The minimum Gasteiger partial charge on any atom is -0.347 e. The number of Topliss-reactive ketones (excluding diaryl/α,β-unsaturated/α-hetero) is 1. The number of ketones is 1. The molecule has 1 amide bonds. The van der Waals surface area contributed by atoms with Crippen LogP contribution in [0.5, 0.6) is 0 Å². The standard InChI is InChI=1S/C24H31NO4S/c1-23(2,3)25-22(27)20-13-7-17(8-14-20)15-21(26)19-11-9-18(10-12-19)16-30(28,29)24(4,5)6/h7-14H,15-16H2,1-6H3,(H,25,27). The number of sulfone groups is 1. The number of amides is 1. The monoisotopic (exact) mass is 429 g/mol. The van der Waals surface area contributed by atoms with Crippen LogP contribution in [-0.2, 0) is 22.0 Å². The quantitative estimate of drug-likeness (QED) is 0.692. The molecule has 0 aliphatic carbocycles. The Morgan fingerprint density at radius 1 is 0.767 bits per heavy atom. The molecule has 30 heavy (non-hydrogen) atoms. The molecule has 6 heteroatoms. The summed E-state index contributed by atoms with van der Waals surface area (Å²) in [5.74, 6) is -0.267. The van der Waals surface area contributed by atoms with E-state index in [1.807, 2.05) is 20.8 Å². The van der Waals surface area contributed by atoms with E-state index in [9.17, 15) is 18.0 Å². The molecule has 5 nitrogen and oxygen atoms in total. The van der Waals surface area contributed by atoms with E-state index in [4.69, 9.17) is 0 Å². The third-order valence-electron chi connectivity index (χ3n) is 4.63. The maximum absolute atomic E-state index is 12.6. The van der Waals surface area contributed by atoms with Gasteiger partial charge in [-0.15, -0.1) is 0 Å². The molecule has 0 aromatic heterocycles. The summed E-state index contributed by atoms with van der Waals surface area (Å²) in [4.78, 5) is 24.8. The predicted octanol–water partition coefficient (Wildman–Crippen LogP) is 4.35. The Morgan fingerprint density at radius 2 is 1.23 bits per heavy atom. The lowest BCUT2D eigenvalue weighted by Crippen LogP contribution is -2.40. The van der Waals surface area contributed by atoms with Gasteiger partial charge < -0.3 is 5.32 Å². The van der Waals surface area contributed by atoms with Crippen LogP contribution in [0.2, 0.25) is 0 Å². The SMILES string of the molecule is CC(C)(C)NC(=O)c1ccc(CC(=O)c2ccc(CS(=O)(=O)C(C)(C)C)cc2)cc1. The minimum absolute atomic E-state index is 0.0525. The Morgan fingerprint density at radius 3 is 1.70 bits per heavy atom. The third kappa shape index (κ3) is 6.52. The zero-order valence-electron chi connectivity index (χ0n) is 18.6. The fourth-order valence-electron chi connectivity index (χ4n) is 2.70. The molecule has 1 N–H and O–H groups in total. The normalized spacial score (nSPS) is 12.5. The van der Waals surface area contributed by atoms with Crippen LogP contribution in [0, 0.1) is 0 Å². The highest BCUT2D eigenvalue weighted by atomic mass is 32.2. The summed E-state index contributed by atoms with van der Waals surface area (Å²) in [7, 11) is -3.27. The van der Waals surface area contributed by atoms with Crippen molar-refractivity contribution in [1.82, 2.24) is 5.32 Å². The van der Waals surface area contributed by atoms with E-state index < -0.39 is 14.6 Å². The van der Waals surface area contributed by atoms with Gasteiger partial charge in [0.15, 0.2) is 15.6 Å². The summed E-state index contributed by atoms with van der Waals surface area (Å²) in [6.45, 7) is 10.8. The maximum Gasteiger partial charge on any atom is 0.251 e. The van der Waals surface area contributed by atoms with Crippen LogP contribution in [-0.4, -0.2) is 30.4 Å². The molecule has 0 aliphatic heterocycles. The fraction of sp³-hybridized carbons (Fsp3) is 0.417. The van der Waals surface area contributed by atoms with Gasteiger partial charge in [0.05, 0.1) is 10.5 Å². The van der Waals surface area contributed by atoms with Gasteiger partial charge >= 0.3 is 0 Å². The molecular formula is C24H31NO4S. The second-order valence-corrected chi connectivity index (χ2v) is 12.3. The van der Waals surface area contributed by atoms with Gasteiger partial charge in [-0.2, -0.15) is 0 Å². The highest BCUT2D eigenvalue weighted by Gasteiger charge is 2.29. The summed E-state index contributed by atoms with van der Waals surface area (Å²) in [6, 6.07) is 13.7. The fourth-order valence-corrected chi connectivity index (χ4v) is 3.76. The summed E-state index contributed by atoms with van der Waals surface area (Å²) in [6.07, 6.45) is 0.209. The van der Waals surface area contributed by atoms with Gasteiger partial charge in [-0.25, -0.2) is 8.42 Å². The Balaban J connectivity index is 2.04. The van der Waals surface area contributed by atoms with Crippen molar-refractivity contribution in [3.8, 4) is 0 Å². The molecule has 0 atom stereocenters. The van der Waals surface area contributed by atoms with Crippen LogP contribution in [0.15, 0.2) is 48.5 Å². The van der Waals surface area contributed by atoms with E-state index in [0.717, 1.165) is 5.56 Å². The summed E-state index contributed by atoms with van der Waals surface area (Å²) >= 11 is 0. The van der Waals surface area contributed by atoms with E-state index in [0.29, 0.717) is 16.7 Å². The van der Waals surface area contributed by atoms with Crippen molar-refractivity contribution in [1.29, 1.82) is 0 Å². The highest BCUT2D eigenvalue weighted by Crippen LogP contribution is 2.21. The number of carbonyl (C=O) groups excluding carboxylic acids is 2. The molecule has 2 aromatic carbocycles. The number of rotatable bonds is 6. The van der Waals surface area contributed by atoms with Crippen molar-refractivity contribution in [2.75, 3.05) is 0 Å². The first-order valence-corrected chi connectivity index (χ1v) is 11.6. The Labute approximate surface area is 179 Å². The molecule has 0 heterocycles. The molecular weight excluding hydrogens is 398 g/mol. The highest BCUT2D eigenvalue weighted by molar-refractivity contribution is 7.91. The second kappa shape index (κ2) is 8.72. The summed E-state index contributed by atoms with van der Waals surface area (Å²) in [5, 5.41) is 2.90. The molecule has 0 saturated carbocycles. The van der Waals surface area contributed by atoms with E-state index in [-0.39, 0.29) is 29.4 Å². The number of nitrogens with one attached hydrogen (secondary N) is 1. The molecule has 0 saturated heterocycles. The van der Waals surface area contributed by atoms with Crippen molar-refractivity contribution >= 4 is 21.5 Å². The molecule has 0 bridgehead atoms. The average molecular weight is 430 g/mol. The maximum atomic E-state index is 12.6. The number of carbonyl (C=O) groups is 2. The van der Waals surface area contributed by atoms with Crippen molar-refractivity contribution in [2.45, 2.75) is 64.0 Å². The number of benzene rings is 2. The van der Waals surface area contributed by atoms with Crippen molar-refractivity contribution < 1.29 is 18.0 Å². The molecule has 2 aromatic rings. The molecule has 2 rings (SSSR count). The van der Waals surface area contributed by atoms with Gasteiger partial charge in [0.25, 0.3) is 5.91 Å². The lowest BCUT2D eigenvalue weighted by molar-refractivity contribution is 0.0919. The van der Waals surface area contributed by atoms with Crippen molar-refractivity contribution in [3.05, 3.63) is 70.8 Å². The smallest absolute Gasteiger partial charge is 0.251 e. The van der Waals surface area contributed by atoms with E-state index in [1.165, 1.54) is 0 Å². The van der Waals surface area contributed by atoms with Gasteiger partial charge in [0.1, 0.15) is 0 Å². The van der Waals surface area contributed by atoms with E-state index in [2.05, 4.69) is 5.32 Å². The van der Waals surface area contributed by atoms with Crippen molar-refractivity contribution in [3.63, 3.8) is 0 Å². The zero-order chi connectivity index (χ0) is 22.7. The minimum atomic E-state index is -3.27. The van der Waals surface area contributed by atoms with Crippen LogP contribution in [0.4, 0.5) is 0 Å². The van der Waals surface area contributed by atoms with Gasteiger partial charge in [-0.1, -0.05) is 36.4 Å². The predicted molar refractivity (Wildman–Crippen MR) is 121 cm³/mol. The van der Waals surface area contributed by atoms with Crippen LogP contribution >= 0.6 is 0 Å². The van der Waals surface area contributed by atoms with Gasteiger partial charge in [0.2, 0.25) is 0 Å².